The molecular formula is C23H26ClNO4. The van der Waals surface area contributed by atoms with Crippen LogP contribution in [0.4, 0.5) is 0 Å². The molecule has 3 aliphatic heterocycles. The van der Waals surface area contributed by atoms with E-state index in [0.717, 1.165) is 44.3 Å². The maximum absolute atomic E-state index is 13.6. The molecule has 1 aromatic carbocycles. The van der Waals surface area contributed by atoms with Crippen molar-refractivity contribution in [3.8, 4) is 0 Å². The Hall–Kier alpha value is -1.85. The van der Waals surface area contributed by atoms with Crippen molar-refractivity contribution >= 4 is 23.3 Å². The third-order valence-corrected chi connectivity index (χ3v) is 7.07. The minimum Gasteiger partial charge on any atom is -0.483 e. The van der Waals surface area contributed by atoms with Crippen LogP contribution in [0.25, 0.3) is 0 Å². The molecule has 5 unspecified atom stereocenters. The molecule has 1 aliphatic carbocycles. The first-order valence-corrected chi connectivity index (χ1v) is 11.0. The van der Waals surface area contributed by atoms with Gasteiger partial charge in [0.25, 0.3) is 5.91 Å². The molecule has 4 aliphatic rings. The second kappa shape index (κ2) is 7.44. The van der Waals surface area contributed by atoms with E-state index in [9.17, 15) is 9.59 Å². The number of benzene rings is 1. The molecule has 0 aromatic heterocycles. The van der Waals surface area contributed by atoms with Crippen LogP contribution in [0.5, 0.6) is 0 Å². The van der Waals surface area contributed by atoms with E-state index in [2.05, 4.69) is 6.92 Å². The number of hydrogen-bond acceptors (Lipinski definition) is 4. The highest BCUT2D eigenvalue weighted by molar-refractivity contribution is 6.30. The van der Waals surface area contributed by atoms with E-state index in [4.69, 9.17) is 21.1 Å². The summed E-state index contributed by atoms with van der Waals surface area (Å²) in [5.74, 6) is 0.526. The van der Waals surface area contributed by atoms with E-state index in [1.54, 1.807) is 4.90 Å². The summed E-state index contributed by atoms with van der Waals surface area (Å²) in [5, 5.41) is 0.630. The quantitative estimate of drug-likeness (QED) is 0.747. The number of hydrogen-bond donors (Lipinski definition) is 0. The molecule has 5 rings (SSSR count). The molecule has 3 heterocycles. The second-order valence-corrected chi connectivity index (χ2v) is 9.27. The number of halogens is 1. The summed E-state index contributed by atoms with van der Waals surface area (Å²) in [6, 6.07) is 7.00. The first-order chi connectivity index (χ1) is 14.0. The molecule has 0 N–H and O–H groups in total. The number of Topliss-reactive ketones (excluding diaryl/α,β-unsaturated/α-hetero) is 1. The number of nitrogens with zero attached hydrogens (tertiary/aromatic N) is 1. The Labute approximate surface area is 176 Å². The van der Waals surface area contributed by atoms with Crippen molar-refractivity contribution in [3.63, 3.8) is 0 Å². The number of ketones is 1. The van der Waals surface area contributed by atoms with Crippen molar-refractivity contribution in [3.05, 3.63) is 46.2 Å². The summed E-state index contributed by atoms with van der Waals surface area (Å²) in [7, 11) is 0. The van der Waals surface area contributed by atoms with Gasteiger partial charge in [-0.15, -0.1) is 0 Å². The Kier molecular flexibility index (Phi) is 4.91. The van der Waals surface area contributed by atoms with Crippen LogP contribution >= 0.6 is 11.6 Å². The molecule has 2 fully saturated rings. The van der Waals surface area contributed by atoms with Crippen LogP contribution in [0.3, 0.4) is 0 Å². The van der Waals surface area contributed by atoms with Crippen LogP contribution in [-0.4, -0.2) is 41.9 Å². The monoisotopic (exact) mass is 415 g/mol. The van der Waals surface area contributed by atoms with Gasteiger partial charge in [0.05, 0.1) is 23.6 Å². The van der Waals surface area contributed by atoms with Crippen LogP contribution in [0.2, 0.25) is 5.02 Å². The minimum atomic E-state index is -0.426. The van der Waals surface area contributed by atoms with Crippen molar-refractivity contribution in [1.29, 1.82) is 0 Å². The zero-order valence-electron chi connectivity index (χ0n) is 16.6. The van der Waals surface area contributed by atoms with Crippen molar-refractivity contribution in [2.75, 3.05) is 13.2 Å². The Morgan fingerprint density at radius 1 is 1.14 bits per heavy atom. The van der Waals surface area contributed by atoms with Crippen LogP contribution in [0.1, 0.15) is 50.6 Å². The standard InChI is InChI=1S/C23H26ClNO4/c1-13-4-9-18-17(11-13)21(26)19-20(14-5-7-15(24)8-6-14)25(23(27)22(19)29-18)12-16-3-2-10-28-16/h5-8,13,16-18,20H,2-4,9-12H2,1H3. The maximum atomic E-state index is 13.6. The molecule has 154 valence electrons. The highest BCUT2D eigenvalue weighted by Crippen LogP contribution is 2.47. The van der Waals surface area contributed by atoms with E-state index in [0.29, 0.717) is 23.1 Å². The number of carbonyl (C=O) groups excluding carboxylic acids is 2. The largest absolute Gasteiger partial charge is 0.483 e. The van der Waals surface area contributed by atoms with Gasteiger partial charge in [-0.1, -0.05) is 30.7 Å². The smallest absolute Gasteiger partial charge is 0.290 e. The van der Waals surface area contributed by atoms with Crippen LogP contribution < -0.4 is 0 Å². The fraction of sp³-hybridized carbons (Fsp3) is 0.565. The van der Waals surface area contributed by atoms with Gasteiger partial charge in [0.2, 0.25) is 0 Å². The van der Waals surface area contributed by atoms with E-state index >= 15 is 0 Å². The predicted octanol–water partition coefficient (Wildman–Crippen LogP) is 4.06. The van der Waals surface area contributed by atoms with Gasteiger partial charge >= 0.3 is 0 Å². The molecular weight excluding hydrogens is 390 g/mol. The Balaban J connectivity index is 1.54. The average molecular weight is 416 g/mol. The molecule has 1 saturated carbocycles. The summed E-state index contributed by atoms with van der Waals surface area (Å²) in [6.45, 7) is 3.39. The van der Waals surface area contributed by atoms with Gasteiger partial charge in [-0.3, -0.25) is 9.59 Å². The van der Waals surface area contributed by atoms with Crippen LogP contribution in [0.15, 0.2) is 35.6 Å². The molecule has 6 heteroatoms. The lowest BCUT2D eigenvalue weighted by Crippen LogP contribution is -2.41. The Bertz CT molecular complexity index is 858. The van der Waals surface area contributed by atoms with Crippen molar-refractivity contribution in [1.82, 2.24) is 4.90 Å². The van der Waals surface area contributed by atoms with E-state index in [-0.39, 0.29) is 35.6 Å². The van der Waals surface area contributed by atoms with Gasteiger partial charge in [-0.2, -0.15) is 0 Å². The lowest BCUT2D eigenvalue weighted by atomic mass is 9.74. The molecule has 1 amide bonds. The van der Waals surface area contributed by atoms with Crippen LogP contribution in [0, 0.1) is 11.8 Å². The normalized spacial score (nSPS) is 34.3. The van der Waals surface area contributed by atoms with Gasteiger partial charge in [0.1, 0.15) is 6.10 Å². The summed E-state index contributed by atoms with van der Waals surface area (Å²) in [6.07, 6.45) is 4.46. The fourth-order valence-electron chi connectivity index (χ4n) is 5.31. The van der Waals surface area contributed by atoms with E-state index in [1.165, 1.54) is 0 Å². The highest BCUT2D eigenvalue weighted by Gasteiger charge is 2.52. The van der Waals surface area contributed by atoms with Gasteiger partial charge in [-0.25, -0.2) is 0 Å². The molecule has 1 aromatic rings. The maximum Gasteiger partial charge on any atom is 0.290 e. The zero-order chi connectivity index (χ0) is 20.1. The number of carbonyl (C=O) groups is 2. The molecule has 0 radical (unpaired) electrons. The summed E-state index contributed by atoms with van der Waals surface area (Å²) >= 11 is 6.09. The lowest BCUT2D eigenvalue weighted by Gasteiger charge is -2.37. The van der Waals surface area contributed by atoms with Crippen LogP contribution in [-0.2, 0) is 19.1 Å². The first-order valence-electron chi connectivity index (χ1n) is 10.7. The van der Waals surface area contributed by atoms with Gasteiger partial charge in [0, 0.05) is 18.2 Å². The topological polar surface area (TPSA) is 55.8 Å². The molecule has 5 nitrogen and oxygen atoms in total. The summed E-state index contributed by atoms with van der Waals surface area (Å²) in [4.78, 5) is 28.7. The van der Waals surface area contributed by atoms with Gasteiger partial charge in [-0.05, 0) is 55.7 Å². The number of amides is 1. The minimum absolute atomic E-state index is 0.00695. The number of fused-ring (bicyclic) bond motifs is 1. The third kappa shape index (κ3) is 3.28. The number of rotatable bonds is 3. The Morgan fingerprint density at radius 2 is 1.93 bits per heavy atom. The summed E-state index contributed by atoms with van der Waals surface area (Å²) in [5.41, 5.74) is 1.43. The highest BCUT2D eigenvalue weighted by atomic mass is 35.5. The second-order valence-electron chi connectivity index (χ2n) is 8.83. The Morgan fingerprint density at radius 3 is 2.66 bits per heavy atom. The zero-order valence-corrected chi connectivity index (χ0v) is 17.4. The van der Waals surface area contributed by atoms with Gasteiger partial charge < -0.3 is 14.4 Å². The van der Waals surface area contributed by atoms with E-state index in [1.807, 2.05) is 24.3 Å². The van der Waals surface area contributed by atoms with Crippen molar-refractivity contribution in [2.24, 2.45) is 11.8 Å². The average Bonchev–Trinajstić information content (AvgIpc) is 3.32. The fourth-order valence-corrected chi connectivity index (χ4v) is 5.44. The van der Waals surface area contributed by atoms with Gasteiger partial charge in [0.15, 0.2) is 11.5 Å². The lowest BCUT2D eigenvalue weighted by molar-refractivity contribution is -0.136. The molecule has 1 saturated heterocycles. The molecule has 0 spiro atoms. The first kappa shape index (κ1) is 19.1. The van der Waals surface area contributed by atoms with Crippen molar-refractivity contribution in [2.45, 2.75) is 57.3 Å². The van der Waals surface area contributed by atoms with E-state index < -0.39 is 6.04 Å². The molecule has 29 heavy (non-hydrogen) atoms. The SMILES string of the molecule is CC1CCC2OC3=C(C(=O)C2C1)C(c1ccc(Cl)cc1)N(CC1CCCO1)C3=O. The van der Waals surface area contributed by atoms with Crippen molar-refractivity contribution < 1.29 is 19.1 Å². The molecule has 0 bridgehead atoms. The number of ether oxygens (including phenoxy) is 2. The third-order valence-electron chi connectivity index (χ3n) is 6.82. The predicted molar refractivity (Wildman–Crippen MR) is 108 cm³/mol. The molecule has 5 atom stereocenters. The summed E-state index contributed by atoms with van der Waals surface area (Å²) < 4.78 is 12.0.